The Bertz CT molecular complexity index is 418. The highest BCUT2D eigenvalue weighted by atomic mass is 16.5. The van der Waals surface area contributed by atoms with E-state index in [4.69, 9.17) is 4.74 Å². The first kappa shape index (κ1) is 13.0. The van der Waals surface area contributed by atoms with Crippen molar-refractivity contribution in [2.24, 2.45) is 13.0 Å². The first-order chi connectivity index (χ1) is 8.63. The van der Waals surface area contributed by atoms with Gasteiger partial charge in [0.2, 0.25) is 0 Å². The van der Waals surface area contributed by atoms with Crippen molar-refractivity contribution in [3.63, 3.8) is 0 Å². The minimum absolute atomic E-state index is 0.0656. The maximum Gasteiger partial charge on any atom is 0.310 e. The first-order valence-corrected chi connectivity index (χ1v) is 6.14. The average molecular weight is 253 g/mol. The molecule has 100 valence electrons. The fraction of sp³-hybridized carbons (Fsp3) is 0.667. The van der Waals surface area contributed by atoms with Crippen LogP contribution in [0, 0.1) is 5.92 Å². The van der Waals surface area contributed by atoms with Gasteiger partial charge in [-0.3, -0.25) is 9.69 Å². The number of carboxylic acid groups (broad SMARTS) is 1. The lowest BCUT2D eigenvalue weighted by Crippen LogP contribution is -2.43. The van der Waals surface area contributed by atoms with E-state index in [1.165, 1.54) is 0 Å². The van der Waals surface area contributed by atoms with E-state index >= 15 is 0 Å². The summed E-state index contributed by atoms with van der Waals surface area (Å²) in [5.74, 6) is -0.283. The van der Waals surface area contributed by atoms with E-state index in [0.717, 1.165) is 12.4 Å². The van der Waals surface area contributed by atoms with Crippen molar-refractivity contribution in [2.75, 3.05) is 19.8 Å². The Balaban J connectivity index is 2.09. The molecule has 1 aliphatic rings. The molecule has 0 spiro atoms. The van der Waals surface area contributed by atoms with Gasteiger partial charge in [-0.25, -0.2) is 4.98 Å². The minimum Gasteiger partial charge on any atom is -0.481 e. The summed E-state index contributed by atoms with van der Waals surface area (Å²) in [7, 11) is 1.94. The molecule has 0 bridgehead atoms. The predicted octanol–water partition coefficient (Wildman–Crippen LogP) is 0.342. The van der Waals surface area contributed by atoms with Gasteiger partial charge in [-0.15, -0.1) is 0 Å². The number of imidazole rings is 1. The Hall–Kier alpha value is -1.40. The molecule has 0 aliphatic carbocycles. The van der Waals surface area contributed by atoms with Crippen LogP contribution in [0.25, 0.3) is 0 Å². The van der Waals surface area contributed by atoms with Crippen molar-refractivity contribution in [2.45, 2.75) is 19.5 Å². The van der Waals surface area contributed by atoms with E-state index in [1.54, 1.807) is 6.20 Å². The molecule has 1 aromatic heterocycles. The molecule has 0 saturated carbocycles. The normalized spacial score (nSPS) is 23.7. The summed E-state index contributed by atoms with van der Waals surface area (Å²) >= 11 is 0. The van der Waals surface area contributed by atoms with Gasteiger partial charge < -0.3 is 14.4 Å². The summed E-state index contributed by atoms with van der Waals surface area (Å²) in [6.07, 6.45) is 3.64. The van der Waals surface area contributed by atoms with Crippen molar-refractivity contribution in [1.29, 1.82) is 0 Å². The molecule has 18 heavy (non-hydrogen) atoms. The molecule has 6 nitrogen and oxygen atoms in total. The molecule has 2 atom stereocenters. The molecule has 1 aliphatic heterocycles. The van der Waals surface area contributed by atoms with Gasteiger partial charge in [-0.2, -0.15) is 0 Å². The fourth-order valence-electron chi connectivity index (χ4n) is 2.33. The number of aliphatic carboxylic acids is 1. The van der Waals surface area contributed by atoms with E-state index in [2.05, 4.69) is 9.88 Å². The number of hydrogen-bond acceptors (Lipinski definition) is 4. The van der Waals surface area contributed by atoms with Crippen LogP contribution in [0.1, 0.15) is 12.7 Å². The molecular formula is C12H19N3O3. The molecule has 2 unspecified atom stereocenters. The minimum atomic E-state index is -0.782. The van der Waals surface area contributed by atoms with Crippen LogP contribution in [-0.2, 0) is 23.1 Å². The Morgan fingerprint density at radius 1 is 1.67 bits per heavy atom. The summed E-state index contributed by atoms with van der Waals surface area (Å²) < 4.78 is 7.27. The Kier molecular flexibility index (Phi) is 3.98. The third kappa shape index (κ3) is 2.54. The van der Waals surface area contributed by atoms with Crippen LogP contribution < -0.4 is 0 Å². The molecule has 1 fully saturated rings. The van der Waals surface area contributed by atoms with Crippen molar-refractivity contribution in [3.05, 3.63) is 18.2 Å². The molecule has 1 saturated heterocycles. The molecule has 0 amide bonds. The lowest BCUT2D eigenvalue weighted by atomic mass is 10.0. The number of hydrogen-bond donors (Lipinski definition) is 1. The van der Waals surface area contributed by atoms with Crippen LogP contribution in [-0.4, -0.2) is 51.3 Å². The molecule has 2 heterocycles. The Labute approximate surface area is 106 Å². The van der Waals surface area contributed by atoms with Crippen molar-refractivity contribution < 1.29 is 14.6 Å². The maximum absolute atomic E-state index is 11.2. The fourth-order valence-corrected chi connectivity index (χ4v) is 2.33. The number of aromatic nitrogens is 2. The topological polar surface area (TPSA) is 67.6 Å². The van der Waals surface area contributed by atoms with Gasteiger partial charge >= 0.3 is 5.97 Å². The third-order valence-corrected chi connectivity index (χ3v) is 3.51. The van der Waals surface area contributed by atoms with Crippen molar-refractivity contribution in [3.8, 4) is 0 Å². The van der Waals surface area contributed by atoms with E-state index in [9.17, 15) is 9.90 Å². The van der Waals surface area contributed by atoms with Crippen LogP contribution >= 0.6 is 0 Å². The first-order valence-electron chi connectivity index (χ1n) is 6.14. The van der Waals surface area contributed by atoms with Gasteiger partial charge in [0, 0.05) is 25.5 Å². The summed E-state index contributed by atoms with van der Waals surface area (Å²) in [4.78, 5) is 17.6. The third-order valence-electron chi connectivity index (χ3n) is 3.51. The van der Waals surface area contributed by atoms with Gasteiger partial charge in [0.05, 0.1) is 25.7 Å². The summed E-state index contributed by atoms with van der Waals surface area (Å²) in [5, 5.41) is 9.18. The van der Waals surface area contributed by atoms with Crippen LogP contribution in [0.2, 0.25) is 0 Å². The average Bonchev–Trinajstić information content (AvgIpc) is 2.95. The zero-order chi connectivity index (χ0) is 13.1. The van der Waals surface area contributed by atoms with Gasteiger partial charge in [-0.1, -0.05) is 6.92 Å². The number of rotatable bonds is 5. The number of carboxylic acids is 1. The SMILES string of the molecule is CCN(Cc1nccn1C)C1COCC1C(=O)O. The lowest BCUT2D eigenvalue weighted by molar-refractivity contribution is -0.143. The van der Waals surface area contributed by atoms with E-state index in [-0.39, 0.29) is 6.04 Å². The standard InChI is InChI=1S/C12H19N3O3/c1-3-15(6-11-13-4-5-14(11)2)10-8-18-7-9(10)12(16)17/h4-5,9-10H,3,6-8H2,1-2H3,(H,16,17). The number of ether oxygens (including phenoxy) is 1. The highest BCUT2D eigenvalue weighted by Gasteiger charge is 2.37. The van der Waals surface area contributed by atoms with E-state index in [1.807, 2.05) is 24.7 Å². The van der Waals surface area contributed by atoms with Gasteiger partial charge in [0.15, 0.2) is 0 Å². The van der Waals surface area contributed by atoms with Crippen molar-refractivity contribution >= 4 is 5.97 Å². The number of nitrogens with zero attached hydrogens (tertiary/aromatic N) is 3. The van der Waals surface area contributed by atoms with Crippen LogP contribution in [0.4, 0.5) is 0 Å². The van der Waals surface area contributed by atoms with Gasteiger partial charge in [0.25, 0.3) is 0 Å². The molecule has 0 radical (unpaired) electrons. The smallest absolute Gasteiger partial charge is 0.310 e. The van der Waals surface area contributed by atoms with E-state index < -0.39 is 11.9 Å². The second-order valence-electron chi connectivity index (χ2n) is 4.57. The number of carbonyl (C=O) groups is 1. The van der Waals surface area contributed by atoms with E-state index in [0.29, 0.717) is 19.8 Å². The predicted molar refractivity (Wildman–Crippen MR) is 65.0 cm³/mol. The maximum atomic E-state index is 11.2. The molecule has 2 rings (SSSR count). The summed E-state index contributed by atoms with van der Waals surface area (Å²) in [5.41, 5.74) is 0. The van der Waals surface area contributed by atoms with Crippen LogP contribution in [0.15, 0.2) is 12.4 Å². The second kappa shape index (κ2) is 5.49. The molecular weight excluding hydrogens is 234 g/mol. The van der Waals surface area contributed by atoms with Crippen LogP contribution in [0.3, 0.4) is 0 Å². The number of likely N-dealkylation sites (N-methyl/N-ethyl adjacent to an activating group) is 1. The molecule has 1 aromatic rings. The lowest BCUT2D eigenvalue weighted by Gasteiger charge is -2.28. The Morgan fingerprint density at radius 3 is 3.00 bits per heavy atom. The van der Waals surface area contributed by atoms with Crippen molar-refractivity contribution in [1.82, 2.24) is 14.5 Å². The largest absolute Gasteiger partial charge is 0.481 e. The van der Waals surface area contributed by atoms with Crippen LogP contribution in [0.5, 0.6) is 0 Å². The molecule has 0 aromatic carbocycles. The number of aryl methyl sites for hydroxylation is 1. The quantitative estimate of drug-likeness (QED) is 0.819. The highest BCUT2D eigenvalue weighted by molar-refractivity contribution is 5.71. The molecule has 6 heteroatoms. The zero-order valence-electron chi connectivity index (χ0n) is 10.7. The monoisotopic (exact) mass is 253 g/mol. The van der Waals surface area contributed by atoms with Gasteiger partial charge in [0.1, 0.15) is 5.82 Å². The highest BCUT2D eigenvalue weighted by Crippen LogP contribution is 2.21. The van der Waals surface area contributed by atoms with Gasteiger partial charge in [-0.05, 0) is 6.54 Å². The summed E-state index contributed by atoms with van der Waals surface area (Å²) in [6.45, 7) is 4.24. The molecule has 1 N–H and O–H groups in total. The Morgan fingerprint density at radius 2 is 2.44 bits per heavy atom. The zero-order valence-corrected chi connectivity index (χ0v) is 10.7. The second-order valence-corrected chi connectivity index (χ2v) is 4.57. The summed E-state index contributed by atoms with van der Waals surface area (Å²) in [6, 6.07) is -0.0656.